The van der Waals surface area contributed by atoms with Gasteiger partial charge in [0.1, 0.15) is 0 Å². The Labute approximate surface area is 102 Å². The first kappa shape index (κ1) is 13.6. The van der Waals surface area contributed by atoms with Crippen molar-refractivity contribution < 1.29 is 8.42 Å². The maximum absolute atomic E-state index is 11.5. The summed E-state index contributed by atoms with van der Waals surface area (Å²) in [6, 6.07) is 0. The average molecular weight is 273 g/mol. The topological polar surface area (TPSA) is 34.1 Å². The van der Waals surface area contributed by atoms with E-state index < -0.39 is 9.84 Å². The molecule has 1 rings (SSSR count). The van der Waals surface area contributed by atoms with Crippen LogP contribution in [0.3, 0.4) is 0 Å². The molecule has 1 saturated heterocycles. The molecule has 15 heavy (non-hydrogen) atoms. The molecule has 0 aliphatic carbocycles. The molecule has 0 aromatic carbocycles. The molecule has 0 spiro atoms. The molecule has 1 unspecified atom stereocenters. The average Bonchev–Trinajstić information content (AvgIpc) is 2.49. The molecule has 1 aliphatic heterocycles. The second-order valence-corrected chi connectivity index (χ2v) is 7.52. The van der Waals surface area contributed by atoms with Gasteiger partial charge in [-0.15, -0.1) is 23.2 Å². The fourth-order valence-electron chi connectivity index (χ4n) is 2.28. The number of alkyl halides is 2. The van der Waals surface area contributed by atoms with Crippen LogP contribution in [0.5, 0.6) is 0 Å². The Bertz CT molecular complexity index is 307. The highest BCUT2D eigenvalue weighted by molar-refractivity contribution is 7.91. The lowest BCUT2D eigenvalue weighted by Gasteiger charge is -2.39. The van der Waals surface area contributed by atoms with Crippen LogP contribution in [0.2, 0.25) is 0 Å². The minimum absolute atomic E-state index is 0.123. The van der Waals surface area contributed by atoms with Crippen LogP contribution in [-0.2, 0) is 9.84 Å². The van der Waals surface area contributed by atoms with Crippen LogP contribution in [0.4, 0.5) is 0 Å². The van der Waals surface area contributed by atoms with E-state index in [2.05, 4.69) is 13.8 Å². The Morgan fingerprint density at radius 2 is 1.87 bits per heavy atom. The summed E-state index contributed by atoms with van der Waals surface area (Å²) in [4.78, 5) is 0. The summed E-state index contributed by atoms with van der Waals surface area (Å²) in [6.07, 6.45) is 0.708. The van der Waals surface area contributed by atoms with Gasteiger partial charge in [0.25, 0.3) is 0 Å². The number of halogens is 2. The van der Waals surface area contributed by atoms with E-state index in [9.17, 15) is 8.42 Å². The first-order valence-corrected chi connectivity index (χ1v) is 8.09. The Hall–Kier alpha value is 0.530. The van der Waals surface area contributed by atoms with Crippen molar-refractivity contribution in [3.63, 3.8) is 0 Å². The molecule has 1 atom stereocenters. The van der Waals surface area contributed by atoms with E-state index in [-0.39, 0.29) is 17.1 Å². The molecule has 90 valence electrons. The maximum atomic E-state index is 11.5. The van der Waals surface area contributed by atoms with Gasteiger partial charge in [0.15, 0.2) is 9.84 Å². The van der Waals surface area contributed by atoms with E-state index in [1.807, 2.05) is 0 Å². The summed E-state index contributed by atoms with van der Waals surface area (Å²) in [6.45, 7) is 4.13. The molecule has 0 aromatic rings. The van der Waals surface area contributed by atoms with Gasteiger partial charge in [0, 0.05) is 17.2 Å². The van der Waals surface area contributed by atoms with Crippen molar-refractivity contribution in [2.24, 2.45) is 17.3 Å². The molecule has 5 heteroatoms. The third-order valence-electron chi connectivity index (χ3n) is 3.69. The van der Waals surface area contributed by atoms with Gasteiger partial charge in [-0.3, -0.25) is 0 Å². The van der Waals surface area contributed by atoms with Gasteiger partial charge in [-0.05, 0) is 18.3 Å². The summed E-state index contributed by atoms with van der Waals surface area (Å²) >= 11 is 12.0. The van der Waals surface area contributed by atoms with E-state index in [1.54, 1.807) is 0 Å². The molecule has 1 fully saturated rings. The predicted molar refractivity (Wildman–Crippen MR) is 65.5 cm³/mol. The zero-order chi connectivity index (χ0) is 11.7. The van der Waals surface area contributed by atoms with Crippen molar-refractivity contribution in [1.29, 1.82) is 0 Å². The predicted octanol–water partition coefficient (Wildman–Crippen LogP) is 2.54. The number of sulfone groups is 1. The molecule has 0 saturated carbocycles. The lowest BCUT2D eigenvalue weighted by Crippen LogP contribution is -2.40. The van der Waals surface area contributed by atoms with Crippen LogP contribution >= 0.6 is 23.2 Å². The zero-order valence-corrected chi connectivity index (χ0v) is 11.5. The molecule has 0 radical (unpaired) electrons. The Balaban J connectivity index is 2.92. The van der Waals surface area contributed by atoms with Crippen molar-refractivity contribution >= 4 is 33.0 Å². The summed E-state index contributed by atoms with van der Waals surface area (Å²) in [7, 11) is -2.85. The largest absolute Gasteiger partial charge is 0.229 e. The minimum Gasteiger partial charge on any atom is -0.229 e. The van der Waals surface area contributed by atoms with Crippen LogP contribution in [0.15, 0.2) is 0 Å². The van der Waals surface area contributed by atoms with Crippen molar-refractivity contribution in [2.45, 2.75) is 20.3 Å². The molecule has 2 nitrogen and oxygen atoms in total. The Morgan fingerprint density at radius 3 is 2.13 bits per heavy atom. The quantitative estimate of drug-likeness (QED) is 0.738. The molecule has 0 bridgehead atoms. The van der Waals surface area contributed by atoms with E-state index in [4.69, 9.17) is 23.2 Å². The van der Waals surface area contributed by atoms with Gasteiger partial charge in [-0.25, -0.2) is 8.42 Å². The fraction of sp³-hybridized carbons (Fsp3) is 1.00. The van der Waals surface area contributed by atoms with Gasteiger partial charge in [0.2, 0.25) is 0 Å². The molecule has 0 N–H and O–H groups in total. The number of hydrogen-bond acceptors (Lipinski definition) is 2. The van der Waals surface area contributed by atoms with E-state index in [0.29, 0.717) is 29.9 Å². The van der Waals surface area contributed by atoms with E-state index in [1.165, 1.54) is 0 Å². The van der Waals surface area contributed by atoms with Crippen LogP contribution in [0, 0.1) is 17.3 Å². The minimum atomic E-state index is -2.85. The number of hydrogen-bond donors (Lipinski definition) is 0. The summed E-state index contributed by atoms with van der Waals surface area (Å²) in [5, 5.41) is 0. The SMILES string of the molecule is CC(C)C(CCl)(CCl)C1CCS(=O)(=O)C1. The molecule has 0 aromatic heterocycles. The molecular weight excluding hydrogens is 255 g/mol. The highest BCUT2D eigenvalue weighted by Crippen LogP contribution is 2.43. The second-order valence-electron chi connectivity index (χ2n) is 4.76. The van der Waals surface area contributed by atoms with Crippen molar-refractivity contribution in [3.8, 4) is 0 Å². The van der Waals surface area contributed by atoms with Crippen LogP contribution in [-0.4, -0.2) is 31.7 Å². The van der Waals surface area contributed by atoms with Crippen LogP contribution in [0.1, 0.15) is 20.3 Å². The van der Waals surface area contributed by atoms with Crippen molar-refractivity contribution in [3.05, 3.63) is 0 Å². The summed E-state index contributed by atoms with van der Waals surface area (Å²) in [5.41, 5.74) is -0.229. The molecular formula is C10H18Cl2O2S. The lowest BCUT2D eigenvalue weighted by molar-refractivity contribution is 0.165. The standard InChI is InChI=1S/C10H18Cl2O2S/c1-8(2)10(6-11,7-12)9-3-4-15(13,14)5-9/h8-9H,3-7H2,1-2H3. The van der Waals surface area contributed by atoms with Crippen molar-refractivity contribution in [2.75, 3.05) is 23.3 Å². The first-order chi connectivity index (χ1) is 6.88. The zero-order valence-electron chi connectivity index (χ0n) is 9.17. The Morgan fingerprint density at radius 1 is 1.33 bits per heavy atom. The van der Waals surface area contributed by atoms with E-state index in [0.717, 1.165) is 0 Å². The third kappa shape index (κ3) is 2.62. The van der Waals surface area contributed by atoms with Gasteiger partial charge < -0.3 is 0 Å². The monoisotopic (exact) mass is 272 g/mol. The van der Waals surface area contributed by atoms with Gasteiger partial charge in [0.05, 0.1) is 11.5 Å². The first-order valence-electron chi connectivity index (χ1n) is 5.20. The molecule has 1 heterocycles. The van der Waals surface area contributed by atoms with Gasteiger partial charge >= 0.3 is 0 Å². The van der Waals surface area contributed by atoms with Crippen LogP contribution < -0.4 is 0 Å². The molecule has 1 aliphatic rings. The lowest BCUT2D eigenvalue weighted by atomic mass is 9.70. The van der Waals surface area contributed by atoms with Crippen LogP contribution in [0.25, 0.3) is 0 Å². The highest BCUT2D eigenvalue weighted by atomic mass is 35.5. The second kappa shape index (κ2) is 4.80. The van der Waals surface area contributed by atoms with Crippen molar-refractivity contribution in [1.82, 2.24) is 0 Å². The highest BCUT2D eigenvalue weighted by Gasteiger charge is 2.45. The molecule has 0 amide bonds. The third-order valence-corrected chi connectivity index (χ3v) is 6.46. The number of rotatable bonds is 4. The smallest absolute Gasteiger partial charge is 0.150 e. The van der Waals surface area contributed by atoms with Gasteiger partial charge in [-0.2, -0.15) is 0 Å². The maximum Gasteiger partial charge on any atom is 0.150 e. The van der Waals surface area contributed by atoms with Gasteiger partial charge in [-0.1, -0.05) is 13.8 Å². The summed E-state index contributed by atoms with van der Waals surface area (Å²) < 4.78 is 22.9. The fourth-order valence-corrected chi connectivity index (χ4v) is 5.54. The Kier molecular flexibility index (Phi) is 4.35. The van der Waals surface area contributed by atoms with E-state index >= 15 is 0 Å². The summed E-state index contributed by atoms with van der Waals surface area (Å²) in [5.74, 6) is 1.86. The normalized spacial score (nSPS) is 26.1.